The van der Waals surface area contributed by atoms with Gasteiger partial charge in [0.15, 0.2) is 0 Å². The van der Waals surface area contributed by atoms with Crippen LogP contribution in [0.3, 0.4) is 0 Å². The summed E-state index contributed by atoms with van der Waals surface area (Å²) in [5.74, 6) is -0.493. The van der Waals surface area contributed by atoms with E-state index in [2.05, 4.69) is 9.97 Å². The maximum Gasteiger partial charge on any atom is 0.338 e. The fourth-order valence-electron chi connectivity index (χ4n) is 2.92. The van der Waals surface area contributed by atoms with E-state index in [9.17, 15) is 9.59 Å². The largest absolute Gasteiger partial charge is 0.457 e. The van der Waals surface area contributed by atoms with Crippen LogP contribution in [0.2, 0.25) is 0 Å². The Morgan fingerprint density at radius 3 is 2.56 bits per heavy atom. The van der Waals surface area contributed by atoms with Crippen LogP contribution in [0.5, 0.6) is 0 Å². The van der Waals surface area contributed by atoms with Crippen LogP contribution in [0.25, 0.3) is 22.0 Å². The molecule has 0 aliphatic carbocycles. The van der Waals surface area contributed by atoms with Crippen molar-refractivity contribution in [3.05, 3.63) is 81.5 Å². The summed E-state index contributed by atoms with van der Waals surface area (Å²) in [5.41, 5.74) is 4.40. The van der Waals surface area contributed by atoms with Gasteiger partial charge in [-0.2, -0.15) is 0 Å². The summed E-state index contributed by atoms with van der Waals surface area (Å²) in [5, 5.41) is 0.759. The maximum atomic E-state index is 12.4. The van der Waals surface area contributed by atoms with E-state index in [1.165, 1.54) is 6.07 Å². The van der Waals surface area contributed by atoms with E-state index < -0.39 is 11.6 Å². The van der Waals surface area contributed by atoms with Gasteiger partial charge in [0.1, 0.15) is 12.2 Å². The highest BCUT2D eigenvalue weighted by Crippen LogP contribution is 2.22. The van der Waals surface area contributed by atoms with Crippen LogP contribution in [-0.4, -0.2) is 15.9 Å². The number of nitrogens with zero attached hydrogens (tertiary/aromatic N) is 2. The summed E-state index contributed by atoms with van der Waals surface area (Å²) in [7, 11) is 0. The van der Waals surface area contributed by atoms with E-state index in [1.54, 1.807) is 30.6 Å². The van der Waals surface area contributed by atoms with Crippen molar-refractivity contribution in [2.45, 2.75) is 20.5 Å². The van der Waals surface area contributed by atoms with Crippen LogP contribution in [0, 0.1) is 13.8 Å². The van der Waals surface area contributed by atoms with Gasteiger partial charge in [0.2, 0.25) is 0 Å². The fourth-order valence-corrected chi connectivity index (χ4v) is 2.92. The Balaban J connectivity index is 1.63. The number of aromatic nitrogens is 2. The molecule has 0 spiro atoms. The van der Waals surface area contributed by atoms with Crippen LogP contribution in [-0.2, 0) is 11.3 Å². The summed E-state index contributed by atoms with van der Waals surface area (Å²) in [6.45, 7) is 3.90. The first-order chi connectivity index (χ1) is 13.0. The minimum Gasteiger partial charge on any atom is -0.457 e. The predicted molar refractivity (Wildman–Crippen MR) is 101 cm³/mol. The zero-order chi connectivity index (χ0) is 19.0. The third-order valence-corrected chi connectivity index (χ3v) is 4.51. The number of ether oxygens (including phenoxy) is 1. The molecule has 0 saturated carbocycles. The second-order valence-corrected chi connectivity index (χ2v) is 6.36. The van der Waals surface area contributed by atoms with E-state index in [0.717, 1.165) is 16.5 Å². The van der Waals surface area contributed by atoms with Crippen molar-refractivity contribution >= 4 is 28.0 Å². The van der Waals surface area contributed by atoms with Crippen molar-refractivity contribution in [3.63, 3.8) is 0 Å². The first-order valence-corrected chi connectivity index (χ1v) is 8.43. The van der Waals surface area contributed by atoms with Gasteiger partial charge in [0, 0.05) is 29.4 Å². The monoisotopic (exact) mass is 360 g/mol. The fraction of sp³-hybridized carbons (Fsp3) is 0.143. The minimum absolute atomic E-state index is 0.0259. The quantitative estimate of drug-likeness (QED) is 0.409. The lowest BCUT2D eigenvalue weighted by atomic mass is 10.0. The third-order valence-electron chi connectivity index (χ3n) is 4.51. The Morgan fingerprint density at radius 1 is 1.00 bits per heavy atom. The Kier molecular flexibility index (Phi) is 4.16. The van der Waals surface area contributed by atoms with E-state index in [-0.39, 0.29) is 6.61 Å². The highest BCUT2D eigenvalue weighted by molar-refractivity contribution is 5.93. The second kappa shape index (κ2) is 6.64. The molecule has 0 saturated heterocycles. The average Bonchev–Trinajstić information content (AvgIpc) is 2.67. The summed E-state index contributed by atoms with van der Waals surface area (Å²) < 4.78 is 10.7. The molecular formula is C21H16N2O4. The van der Waals surface area contributed by atoms with Gasteiger partial charge in [0.05, 0.1) is 16.6 Å². The van der Waals surface area contributed by atoms with Crippen molar-refractivity contribution in [3.8, 4) is 0 Å². The number of esters is 1. The van der Waals surface area contributed by atoms with Gasteiger partial charge < -0.3 is 9.15 Å². The number of aryl methyl sites for hydroxylation is 2. The Morgan fingerprint density at radius 2 is 1.74 bits per heavy atom. The molecule has 0 radical (unpaired) electrons. The van der Waals surface area contributed by atoms with Crippen LogP contribution >= 0.6 is 0 Å². The van der Waals surface area contributed by atoms with Gasteiger partial charge in [-0.3, -0.25) is 9.97 Å². The lowest BCUT2D eigenvalue weighted by molar-refractivity contribution is 0.0474. The van der Waals surface area contributed by atoms with E-state index in [1.807, 2.05) is 26.0 Å². The molecule has 2 heterocycles. The number of hydrogen-bond acceptors (Lipinski definition) is 6. The Bertz CT molecular complexity index is 1240. The van der Waals surface area contributed by atoms with E-state index >= 15 is 0 Å². The summed E-state index contributed by atoms with van der Waals surface area (Å²) in [4.78, 5) is 32.6. The normalized spacial score (nSPS) is 11.0. The minimum atomic E-state index is -0.493. The molecule has 0 atom stereocenters. The molecule has 2 aromatic carbocycles. The van der Waals surface area contributed by atoms with E-state index in [4.69, 9.17) is 9.15 Å². The highest BCUT2D eigenvalue weighted by atomic mass is 16.5. The number of rotatable bonds is 3. The van der Waals surface area contributed by atoms with Gasteiger partial charge in [-0.15, -0.1) is 0 Å². The van der Waals surface area contributed by atoms with Crippen molar-refractivity contribution in [2.75, 3.05) is 0 Å². The number of benzene rings is 2. The van der Waals surface area contributed by atoms with Gasteiger partial charge >= 0.3 is 11.6 Å². The number of fused-ring (bicyclic) bond motifs is 2. The molecular weight excluding hydrogens is 344 g/mol. The Labute approximate surface area is 154 Å². The van der Waals surface area contributed by atoms with Crippen LogP contribution in [0.15, 0.2) is 58.0 Å². The van der Waals surface area contributed by atoms with Gasteiger partial charge in [-0.25, -0.2) is 9.59 Å². The van der Waals surface area contributed by atoms with E-state index in [0.29, 0.717) is 27.7 Å². The summed E-state index contributed by atoms with van der Waals surface area (Å²) >= 11 is 0. The molecule has 4 aromatic rings. The first kappa shape index (κ1) is 16.9. The van der Waals surface area contributed by atoms with Gasteiger partial charge in [-0.05, 0) is 55.3 Å². The molecule has 0 amide bonds. The summed E-state index contributed by atoms with van der Waals surface area (Å²) in [6.07, 6.45) is 3.16. The molecule has 0 fully saturated rings. The average molecular weight is 360 g/mol. The zero-order valence-corrected chi connectivity index (χ0v) is 14.9. The molecule has 0 unspecified atom stereocenters. The third kappa shape index (κ3) is 3.29. The number of carbonyl (C=O) groups is 1. The van der Waals surface area contributed by atoms with Crippen molar-refractivity contribution in [2.24, 2.45) is 0 Å². The molecule has 6 nitrogen and oxygen atoms in total. The molecule has 6 heteroatoms. The smallest absolute Gasteiger partial charge is 0.338 e. The van der Waals surface area contributed by atoms with Crippen LogP contribution in [0.1, 0.15) is 27.0 Å². The topological polar surface area (TPSA) is 82.3 Å². The Hall–Kier alpha value is -3.54. The van der Waals surface area contributed by atoms with Gasteiger partial charge in [-0.1, -0.05) is 0 Å². The molecule has 0 N–H and O–H groups in total. The van der Waals surface area contributed by atoms with Crippen molar-refractivity contribution in [1.29, 1.82) is 0 Å². The lowest BCUT2D eigenvalue weighted by Crippen LogP contribution is -2.08. The molecule has 0 aliphatic heterocycles. The lowest BCUT2D eigenvalue weighted by Gasteiger charge is -2.09. The van der Waals surface area contributed by atoms with Gasteiger partial charge in [0.25, 0.3) is 0 Å². The first-order valence-electron chi connectivity index (χ1n) is 8.43. The zero-order valence-electron chi connectivity index (χ0n) is 14.9. The van der Waals surface area contributed by atoms with Crippen molar-refractivity contribution in [1.82, 2.24) is 9.97 Å². The second-order valence-electron chi connectivity index (χ2n) is 6.36. The number of hydrogen-bond donors (Lipinski definition) is 0. The SMILES string of the molecule is Cc1cc2oc(=O)cc(COC(=O)c3ccc4nccnc4c3)c2cc1C. The predicted octanol–water partition coefficient (Wildman–Crippen LogP) is 3.71. The van der Waals surface area contributed by atoms with Crippen LogP contribution in [0.4, 0.5) is 0 Å². The highest BCUT2D eigenvalue weighted by Gasteiger charge is 2.12. The summed E-state index contributed by atoms with van der Waals surface area (Å²) in [6, 6.07) is 10.1. The molecule has 134 valence electrons. The van der Waals surface area contributed by atoms with Crippen molar-refractivity contribution < 1.29 is 13.9 Å². The molecule has 0 bridgehead atoms. The standard InChI is InChI=1S/C21H16N2O4/c1-12-7-16-15(10-20(24)27-19(16)8-13(12)2)11-26-21(25)14-3-4-17-18(9-14)23-6-5-22-17/h3-10H,11H2,1-2H3. The maximum absolute atomic E-state index is 12.4. The molecule has 27 heavy (non-hydrogen) atoms. The molecule has 0 aliphatic rings. The van der Waals surface area contributed by atoms with Crippen LogP contribution < -0.4 is 5.63 Å². The number of carbonyl (C=O) groups excluding carboxylic acids is 1. The molecule has 2 aromatic heterocycles. The molecule has 4 rings (SSSR count).